The molecular weight excluding hydrogens is 340 g/mol. The van der Waals surface area contributed by atoms with Crippen LogP contribution in [0, 0.1) is 0 Å². The van der Waals surface area contributed by atoms with Gasteiger partial charge >= 0.3 is 0 Å². The Kier molecular flexibility index (Phi) is 3.82. The average Bonchev–Trinajstić information content (AvgIpc) is 3.01. The number of hydrogen-bond acceptors (Lipinski definition) is 6. The van der Waals surface area contributed by atoms with E-state index in [1.54, 1.807) is 6.20 Å². The average molecular weight is 355 g/mol. The number of aromatic nitrogens is 2. The fourth-order valence-electron chi connectivity index (χ4n) is 2.65. The number of rotatable bonds is 3. The molecule has 3 aromatic rings. The second-order valence-electron chi connectivity index (χ2n) is 5.72. The molecule has 0 saturated carbocycles. The summed E-state index contributed by atoms with van der Waals surface area (Å²) in [5.74, 6) is 1.93. The van der Waals surface area contributed by atoms with Gasteiger partial charge in [0.15, 0.2) is 11.5 Å². The van der Waals surface area contributed by atoms with E-state index in [0.29, 0.717) is 28.8 Å². The van der Waals surface area contributed by atoms with Gasteiger partial charge in [0.2, 0.25) is 5.95 Å². The Morgan fingerprint density at radius 1 is 1.00 bits per heavy atom. The van der Waals surface area contributed by atoms with E-state index in [1.807, 2.05) is 42.5 Å². The Morgan fingerprint density at radius 3 is 2.52 bits per heavy atom. The number of hydrogen-bond donors (Lipinski definition) is 2. The lowest BCUT2D eigenvalue weighted by Crippen LogP contribution is -2.07. The molecule has 2 heterocycles. The molecule has 6 nitrogen and oxygen atoms in total. The van der Waals surface area contributed by atoms with Crippen molar-refractivity contribution in [2.24, 2.45) is 0 Å². The smallest absolute Gasteiger partial charge is 0.267 e. The highest BCUT2D eigenvalue weighted by Gasteiger charge is 2.26. The third kappa shape index (κ3) is 3.16. The highest BCUT2D eigenvalue weighted by atomic mass is 35.5. The van der Waals surface area contributed by atoms with Crippen molar-refractivity contribution in [1.29, 1.82) is 0 Å². The van der Waals surface area contributed by atoms with Crippen molar-refractivity contribution in [3.8, 4) is 11.5 Å². The van der Waals surface area contributed by atoms with E-state index in [1.165, 1.54) is 0 Å². The second-order valence-corrected chi connectivity index (χ2v) is 6.15. The number of nitrogens with zero attached hydrogens (tertiary/aromatic N) is 2. The van der Waals surface area contributed by atoms with Crippen LogP contribution >= 0.6 is 11.6 Å². The molecule has 0 radical (unpaired) electrons. The van der Waals surface area contributed by atoms with Crippen LogP contribution in [0.4, 0.5) is 11.8 Å². The van der Waals surface area contributed by atoms with Crippen molar-refractivity contribution in [3.63, 3.8) is 0 Å². The van der Waals surface area contributed by atoms with Crippen molar-refractivity contribution in [2.75, 3.05) is 11.5 Å². The third-order valence-electron chi connectivity index (χ3n) is 3.93. The first kappa shape index (κ1) is 15.5. The van der Waals surface area contributed by atoms with Crippen LogP contribution in [0.25, 0.3) is 0 Å². The van der Waals surface area contributed by atoms with Gasteiger partial charge in [-0.25, -0.2) is 4.98 Å². The summed E-state index contributed by atoms with van der Waals surface area (Å²) in [6.07, 6.45) is 1.74. The lowest BCUT2D eigenvalue weighted by molar-refractivity contribution is 0.0487. The molecule has 4 N–H and O–H groups in total. The van der Waals surface area contributed by atoms with Gasteiger partial charge in [-0.05, 0) is 29.8 Å². The van der Waals surface area contributed by atoms with E-state index in [2.05, 4.69) is 9.97 Å². The zero-order valence-corrected chi connectivity index (χ0v) is 13.9. The maximum atomic E-state index is 5.92. The summed E-state index contributed by atoms with van der Waals surface area (Å²) >= 11 is 5.92. The van der Waals surface area contributed by atoms with Crippen LogP contribution in [0.3, 0.4) is 0 Å². The predicted octanol–water partition coefficient (Wildman–Crippen LogP) is 3.36. The lowest BCUT2D eigenvalue weighted by atomic mass is 10.1. The van der Waals surface area contributed by atoms with Crippen molar-refractivity contribution < 1.29 is 9.47 Å². The van der Waals surface area contributed by atoms with Crippen LogP contribution < -0.4 is 20.9 Å². The van der Waals surface area contributed by atoms with Gasteiger partial charge in [0.1, 0.15) is 5.82 Å². The number of ether oxygens (including phenoxy) is 2. The Labute approximate surface area is 149 Å². The SMILES string of the molecule is Nc1ncc(Cc2ccc3c(c2)OC(c2ccc(Cl)cc2)O3)c(N)n1. The molecule has 0 aliphatic carbocycles. The van der Waals surface area contributed by atoms with Crippen LogP contribution in [0.2, 0.25) is 5.02 Å². The van der Waals surface area contributed by atoms with Gasteiger partial charge in [-0.1, -0.05) is 29.8 Å². The van der Waals surface area contributed by atoms with Gasteiger partial charge in [-0.3, -0.25) is 0 Å². The first-order chi connectivity index (χ1) is 12.1. The van der Waals surface area contributed by atoms with Crippen molar-refractivity contribution in [2.45, 2.75) is 12.7 Å². The molecular formula is C18H15ClN4O2. The largest absolute Gasteiger partial charge is 0.447 e. The molecule has 0 saturated heterocycles. The van der Waals surface area contributed by atoms with Crippen LogP contribution in [-0.4, -0.2) is 9.97 Å². The number of fused-ring (bicyclic) bond motifs is 1. The summed E-state index contributed by atoms with van der Waals surface area (Å²) in [7, 11) is 0. The molecule has 0 fully saturated rings. The van der Waals surface area contributed by atoms with E-state index in [4.69, 9.17) is 32.5 Å². The maximum absolute atomic E-state index is 5.92. The van der Waals surface area contributed by atoms with E-state index < -0.39 is 6.29 Å². The molecule has 4 rings (SSSR count). The van der Waals surface area contributed by atoms with Crippen molar-refractivity contribution >= 4 is 23.4 Å². The molecule has 25 heavy (non-hydrogen) atoms. The van der Waals surface area contributed by atoms with E-state index in [9.17, 15) is 0 Å². The lowest BCUT2D eigenvalue weighted by Gasteiger charge is -2.10. The van der Waals surface area contributed by atoms with Crippen LogP contribution in [0.15, 0.2) is 48.7 Å². The minimum absolute atomic E-state index is 0.165. The van der Waals surface area contributed by atoms with Gasteiger partial charge in [-0.2, -0.15) is 4.98 Å². The summed E-state index contributed by atoms with van der Waals surface area (Å²) in [5, 5.41) is 0.671. The summed E-state index contributed by atoms with van der Waals surface area (Å²) in [6.45, 7) is 0. The zero-order valence-electron chi connectivity index (χ0n) is 13.1. The second kappa shape index (κ2) is 6.14. The molecule has 1 unspecified atom stereocenters. The third-order valence-corrected chi connectivity index (χ3v) is 4.18. The highest BCUT2D eigenvalue weighted by molar-refractivity contribution is 6.30. The normalized spacial score (nSPS) is 15.3. The quantitative estimate of drug-likeness (QED) is 0.748. The first-order valence-corrected chi connectivity index (χ1v) is 8.05. The van der Waals surface area contributed by atoms with Gasteiger partial charge < -0.3 is 20.9 Å². The van der Waals surface area contributed by atoms with Crippen molar-refractivity contribution in [3.05, 3.63) is 70.4 Å². The summed E-state index contributed by atoms with van der Waals surface area (Å²) < 4.78 is 11.8. The molecule has 0 amide bonds. The minimum Gasteiger partial charge on any atom is -0.447 e. The number of halogens is 1. The number of benzene rings is 2. The Hall–Kier alpha value is -2.99. The molecule has 126 valence electrons. The monoisotopic (exact) mass is 354 g/mol. The first-order valence-electron chi connectivity index (χ1n) is 7.67. The van der Waals surface area contributed by atoms with Crippen LogP contribution in [0.5, 0.6) is 11.5 Å². The predicted molar refractivity (Wildman–Crippen MR) is 95.6 cm³/mol. The molecule has 2 aromatic carbocycles. The number of nitrogen functional groups attached to an aromatic ring is 2. The molecule has 1 aromatic heterocycles. The molecule has 1 atom stereocenters. The van der Waals surface area contributed by atoms with E-state index in [0.717, 1.165) is 16.7 Å². The Morgan fingerprint density at radius 2 is 1.76 bits per heavy atom. The van der Waals surface area contributed by atoms with Crippen LogP contribution in [0.1, 0.15) is 23.0 Å². The number of anilines is 2. The highest BCUT2D eigenvalue weighted by Crippen LogP contribution is 2.41. The Balaban J connectivity index is 1.54. The van der Waals surface area contributed by atoms with Gasteiger partial charge in [0.25, 0.3) is 6.29 Å². The van der Waals surface area contributed by atoms with E-state index >= 15 is 0 Å². The summed E-state index contributed by atoms with van der Waals surface area (Å²) in [6, 6.07) is 13.2. The molecule has 1 aliphatic heterocycles. The van der Waals surface area contributed by atoms with Crippen LogP contribution in [-0.2, 0) is 6.42 Å². The topological polar surface area (TPSA) is 96.3 Å². The van der Waals surface area contributed by atoms with Crippen molar-refractivity contribution in [1.82, 2.24) is 9.97 Å². The fourth-order valence-corrected chi connectivity index (χ4v) is 2.78. The summed E-state index contributed by atoms with van der Waals surface area (Å²) in [4.78, 5) is 7.97. The van der Waals surface area contributed by atoms with E-state index in [-0.39, 0.29) is 5.95 Å². The molecule has 7 heteroatoms. The Bertz CT molecular complexity index is 931. The van der Waals surface area contributed by atoms with Gasteiger partial charge in [-0.15, -0.1) is 0 Å². The maximum Gasteiger partial charge on any atom is 0.267 e. The number of nitrogens with two attached hydrogens (primary N) is 2. The standard InChI is InChI=1S/C18H15ClN4O2/c19-13-4-2-11(3-5-13)17-24-14-6-1-10(8-15(14)25-17)7-12-9-22-18(21)23-16(12)20/h1-6,8-9,17H,7H2,(H4,20,21,22,23). The molecule has 0 spiro atoms. The summed E-state index contributed by atoms with van der Waals surface area (Å²) in [5.41, 5.74) is 14.1. The van der Waals surface area contributed by atoms with Gasteiger partial charge in [0, 0.05) is 28.8 Å². The molecule has 1 aliphatic rings. The fraction of sp³-hybridized carbons (Fsp3) is 0.111. The minimum atomic E-state index is -0.479. The zero-order chi connectivity index (χ0) is 17.4. The van der Waals surface area contributed by atoms with Gasteiger partial charge in [0.05, 0.1) is 0 Å². The molecule has 0 bridgehead atoms.